The first-order valence-corrected chi connectivity index (χ1v) is 9.13. The first-order valence-electron chi connectivity index (χ1n) is 8.73. The van der Waals surface area contributed by atoms with Crippen molar-refractivity contribution < 1.29 is 14.6 Å². The summed E-state index contributed by atoms with van der Waals surface area (Å²) in [5.74, 6) is 1.26. The second-order valence-corrected chi connectivity index (χ2v) is 6.74. The summed E-state index contributed by atoms with van der Waals surface area (Å²) in [5.41, 5.74) is 1.97. The predicted octanol–water partition coefficient (Wildman–Crippen LogP) is 5.43. The van der Waals surface area contributed by atoms with Crippen LogP contribution in [-0.2, 0) is 0 Å². The van der Waals surface area contributed by atoms with Crippen LogP contribution in [0.5, 0.6) is 17.4 Å². The zero-order chi connectivity index (χ0) is 20.3. The van der Waals surface area contributed by atoms with E-state index in [1.54, 1.807) is 32.4 Å². The molecule has 3 aromatic rings. The number of thiocarbonyl (C=S) groups is 1. The van der Waals surface area contributed by atoms with Crippen LogP contribution in [0.4, 0.5) is 11.4 Å². The molecule has 0 fully saturated rings. The Hall–Kier alpha value is -3.13. The van der Waals surface area contributed by atoms with Gasteiger partial charge in [0.25, 0.3) is 0 Å². The Labute approximate surface area is 168 Å². The van der Waals surface area contributed by atoms with Gasteiger partial charge in [-0.2, -0.15) is 0 Å². The van der Waals surface area contributed by atoms with Gasteiger partial charge in [0.1, 0.15) is 0 Å². The number of hydrogen-bond donors (Lipinski definition) is 2. The molecule has 146 valence electrons. The standard InChI is InChI=1S/C20H22N4O3S/c1-12(2)24-15-8-6-5-7-14(15)18(19(24)25)22-23-20(28)21-13-9-10-16(26-3)17(11-13)27-4/h5-12,25H,1-4H3,(H,21,28). The molecule has 0 aliphatic rings. The molecule has 0 aliphatic heterocycles. The average Bonchev–Trinajstić information content (AvgIpc) is 2.97. The Morgan fingerprint density at radius 1 is 1.11 bits per heavy atom. The monoisotopic (exact) mass is 398 g/mol. The number of nitrogens with zero attached hydrogens (tertiary/aromatic N) is 3. The number of benzene rings is 2. The molecule has 0 amide bonds. The zero-order valence-electron chi connectivity index (χ0n) is 16.1. The van der Waals surface area contributed by atoms with E-state index in [1.165, 1.54) is 0 Å². The minimum atomic E-state index is 0.0638. The molecule has 0 saturated carbocycles. The molecule has 0 aliphatic carbocycles. The maximum absolute atomic E-state index is 10.6. The van der Waals surface area contributed by atoms with Gasteiger partial charge in [0.05, 0.1) is 19.7 Å². The molecule has 8 heteroatoms. The summed E-state index contributed by atoms with van der Waals surface area (Å²) < 4.78 is 12.3. The number of azo groups is 1. The van der Waals surface area contributed by atoms with Gasteiger partial charge in [-0.25, -0.2) is 0 Å². The van der Waals surface area contributed by atoms with Crippen molar-refractivity contribution in [2.24, 2.45) is 10.2 Å². The fourth-order valence-electron chi connectivity index (χ4n) is 3.01. The molecule has 2 aromatic carbocycles. The fourth-order valence-corrected chi connectivity index (χ4v) is 3.17. The fraction of sp³-hybridized carbons (Fsp3) is 0.250. The van der Waals surface area contributed by atoms with E-state index in [0.717, 1.165) is 10.9 Å². The van der Waals surface area contributed by atoms with E-state index in [1.807, 2.05) is 42.7 Å². The minimum Gasteiger partial charge on any atom is -0.493 e. The molecule has 0 unspecified atom stereocenters. The van der Waals surface area contributed by atoms with Gasteiger partial charge in [0, 0.05) is 23.2 Å². The zero-order valence-corrected chi connectivity index (χ0v) is 16.9. The van der Waals surface area contributed by atoms with E-state index in [9.17, 15) is 5.11 Å². The first-order chi connectivity index (χ1) is 13.5. The third kappa shape index (κ3) is 3.77. The van der Waals surface area contributed by atoms with Crippen molar-refractivity contribution in [1.29, 1.82) is 0 Å². The van der Waals surface area contributed by atoms with Gasteiger partial charge in [-0.1, -0.05) is 18.2 Å². The van der Waals surface area contributed by atoms with Crippen LogP contribution < -0.4 is 14.8 Å². The number of aromatic nitrogens is 1. The lowest BCUT2D eigenvalue weighted by Crippen LogP contribution is -2.05. The highest BCUT2D eigenvalue weighted by Gasteiger charge is 2.18. The largest absolute Gasteiger partial charge is 0.493 e. The Morgan fingerprint density at radius 3 is 2.50 bits per heavy atom. The van der Waals surface area contributed by atoms with Crippen molar-refractivity contribution in [2.45, 2.75) is 19.9 Å². The van der Waals surface area contributed by atoms with Crippen LogP contribution in [0.3, 0.4) is 0 Å². The molecule has 1 aromatic heterocycles. The second kappa shape index (κ2) is 8.26. The normalized spacial score (nSPS) is 11.3. The summed E-state index contributed by atoms with van der Waals surface area (Å²) in [5, 5.41) is 22.9. The highest BCUT2D eigenvalue weighted by molar-refractivity contribution is 7.80. The molecule has 0 bridgehead atoms. The van der Waals surface area contributed by atoms with Crippen LogP contribution >= 0.6 is 12.2 Å². The van der Waals surface area contributed by atoms with Gasteiger partial charge < -0.3 is 24.5 Å². The van der Waals surface area contributed by atoms with Crippen LogP contribution in [-0.4, -0.2) is 29.0 Å². The summed E-state index contributed by atoms with van der Waals surface area (Å²) >= 11 is 5.27. The molecule has 0 spiro atoms. The highest BCUT2D eigenvalue weighted by atomic mass is 32.1. The molecule has 0 atom stereocenters. The second-order valence-electron chi connectivity index (χ2n) is 6.35. The Balaban J connectivity index is 1.86. The van der Waals surface area contributed by atoms with Crippen molar-refractivity contribution in [3.8, 4) is 17.4 Å². The molecular formula is C20H22N4O3S. The number of ether oxygens (including phenoxy) is 2. The third-order valence-electron chi connectivity index (χ3n) is 4.25. The SMILES string of the molecule is COc1ccc(NC(=S)N=Nc2c(O)n(C(C)C)c3ccccc23)cc1OC. The minimum absolute atomic E-state index is 0.0638. The molecular weight excluding hydrogens is 376 g/mol. The summed E-state index contributed by atoms with van der Waals surface area (Å²) in [6, 6.07) is 13.0. The van der Waals surface area contributed by atoms with Crippen LogP contribution in [0, 0.1) is 0 Å². The van der Waals surface area contributed by atoms with Gasteiger partial charge in [-0.3, -0.25) is 0 Å². The molecule has 0 saturated heterocycles. The number of anilines is 1. The molecule has 28 heavy (non-hydrogen) atoms. The highest BCUT2D eigenvalue weighted by Crippen LogP contribution is 2.40. The molecule has 7 nitrogen and oxygen atoms in total. The Bertz CT molecular complexity index is 1040. The van der Waals surface area contributed by atoms with E-state index < -0.39 is 0 Å². The third-order valence-corrected chi connectivity index (χ3v) is 4.43. The van der Waals surface area contributed by atoms with Gasteiger partial charge >= 0.3 is 0 Å². The van der Waals surface area contributed by atoms with E-state index in [-0.39, 0.29) is 17.0 Å². The first kappa shape index (κ1) is 19.6. The number of fused-ring (bicyclic) bond motifs is 1. The summed E-state index contributed by atoms with van der Waals surface area (Å²) in [7, 11) is 3.14. The van der Waals surface area contributed by atoms with E-state index in [2.05, 4.69) is 15.5 Å². The summed E-state index contributed by atoms with van der Waals surface area (Å²) in [6.45, 7) is 3.99. The Kier molecular flexibility index (Phi) is 5.79. The van der Waals surface area contributed by atoms with Gasteiger partial charge in [0.15, 0.2) is 17.2 Å². The van der Waals surface area contributed by atoms with E-state index in [0.29, 0.717) is 22.9 Å². The molecule has 0 radical (unpaired) electrons. The number of methoxy groups -OCH3 is 2. The smallest absolute Gasteiger partial charge is 0.221 e. The number of rotatable bonds is 5. The van der Waals surface area contributed by atoms with Gasteiger partial charge in [-0.05, 0) is 44.3 Å². The predicted molar refractivity (Wildman–Crippen MR) is 114 cm³/mol. The van der Waals surface area contributed by atoms with Crippen molar-refractivity contribution in [3.05, 3.63) is 42.5 Å². The van der Waals surface area contributed by atoms with Gasteiger partial charge in [-0.15, -0.1) is 10.2 Å². The number of nitrogens with one attached hydrogen (secondary N) is 1. The maximum Gasteiger partial charge on any atom is 0.221 e. The number of para-hydroxylation sites is 1. The lowest BCUT2D eigenvalue weighted by molar-refractivity contribution is 0.355. The lowest BCUT2D eigenvalue weighted by Gasteiger charge is -2.10. The van der Waals surface area contributed by atoms with Crippen LogP contribution in [0.15, 0.2) is 52.7 Å². The summed E-state index contributed by atoms with van der Waals surface area (Å²) in [6.07, 6.45) is 0. The number of hydrogen-bond acceptors (Lipinski definition) is 5. The van der Waals surface area contributed by atoms with E-state index >= 15 is 0 Å². The van der Waals surface area contributed by atoms with Crippen molar-refractivity contribution in [3.63, 3.8) is 0 Å². The van der Waals surface area contributed by atoms with Crippen molar-refractivity contribution in [1.82, 2.24) is 4.57 Å². The number of aromatic hydroxyl groups is 1. The van der Waals surface area contributed by atoms with Crippen LogP contribution in [0.25, 0.3) is 10.9 Å². The van der Waals surface area contributed by atoms with Crippen LogP contribution in [0.1, 0.15) is 19.9 Å². The molecule has 3 rings (SSSR count). The van der Waals surface area contributed by atoms with Gasteiger partial charge in [0.2, 0.25) is 11.0 Å². The van der Waals surface area contributed by atoms with Crippen LogP contribution in [0.2, 0.25) is 0 Å². The maximum atomic E-state index is 10.6. The quantitative estimate of drug-likeness (QED) is 0.443. The lowest BCUT2D eigenvalue weighted by atomic mass is 10.2. The summed E-state index contributed by atoms with van der Waals surface area (Å²) in [4.78, 5) is 0. The average molecular weight is 398 g/mol. The topological polar surface area (TPSA) is 80.4 Å². The molecule has 2 N–H and O–H groups in total. The van der Waals surface area contributed by atoms with Crippen molar-refractivity contribution >= 4 is 39.6 Å². The Morgan fingerprint density at radius 2 is 1.82 bits per heavy atom. The van der Waals surface area contributed by atoms with E-state index in [4.69, 9.17) is 21.7 Å². The van der Waals surface area contributed by atoms with Crippen molar-refractivity contribution in [2.75, 3.05) is 19.5 Å². The molecule has 1 heterocycles.